The number of rotatable bonds is 9. The summed E-state index contributed by atoms with van der Waals surface area (Å²) in [6.45, 7) is 9.84. The van der Waals surface area contributed by atoms with Crippen molar-refractivity contribution in [2.75, 3.05) is 6.54 Å². The molecule has 1 N–H and O–H groups in total. The molecule has 1 aromatic heterocycles. The van der Waals surface area contributed by atoms with Crippen molar-refractivity contribution < 1.29 is 13.6 Å². The van der Waals surface area contributed by atoms with Crippen LogP contribution in [0.2, 0.25) is 0 Å². The van der Waals surface area contributed by atoms with Crippen LogP contribution >= 0.6 is 0 Å². The van der Waals surface area contributed by atoms with E-state index in [0.29, 0.717) is 34.2 Å². The van der Waals surface area contributed by atoms with E-state index in [0.717, 1.165) is 36.6 Å². The lowest BCUT2D eigenvalue weighted by Gasteiger charge is -2.21. The highest BCUT2D eigenvalue weighted by Crippen LogP contribution is 2.31. The first kappa shape index (κ1) is 24.5. The highest BCUT2D eigenvalue weighted by atomic mass is 19.1. The summed E-state index contributed by atoms with van der Waals surface area (Å²) < 4.78 is 29.9. The average Bonchev–Trinajstić information content (AvgIpc) is 3.64. The number of nitrogens with zero attached hydrogens (tertiary/aromatic N) is 3. The van der Waals surface area contributed by atoms with E-state index in [1.807, 2.05) is 37.3 Å². The lowest BCUT2D eigenvalue weighted by molar-refractivity contribution is 0.0985. The van der Waals surface area contributed by atoms with Gasteiger partial charge in [-0.15, -0.1) is 0 Å². The second-order valence-electron chi connectivity index (χ2n) is 9.51. The SMILES string of the molecule is [C-]#[N+]c1cccc(-n2nc(C)cc2C(=O)Cc2cccc(C(NCC3CC3)c3ccc(F)cc3F)c2)c1. The zero-order valence-electron chi connectivity index (χ0n) is 20.4. The molecule has 1 heterocycles. The normalized spacial score (nSPS) is 13.8. The van der Waals surface area contributed by atoms with Crippen molar-refractivity contribution >= 4 is 11.5 Å². The van der Waals surface area contributed by atoms with Crippen molar-refractivity contribution in [2.24, 2.45) is 5.92 Å². The molecule has 3 aromatic carbocycles. The van der Waals surface area contributed by atoms with Crippen LogP contribution in [0.25, 0.3) is 10.5 Å². The van der Waals surface area contributed by atoms with Crippen LogP contribution in [0.1, 0.15) is 51.8 Å². The van der Waals surface area contributed by atoms with E-state index < -0.39 is 17.7 Å². The molecular weight excluding hydrogens is 470 g/mol. The van der Waals surface area contributed by atoms with Crippen LogP contribution in [0, 0.1) is 31.0 Å². The van der Waals surface area contributed by atoms with Crippen LogP contribution in [0.3, 0.4) is 0 Å². The van der Waals surface area contributed by atoms with Crippen molar-refractivity contribution in [3.8, 4) is 5.69 Å². The minimum atomic E-state index is -0.615. The van der Waals surface area contributed by atoms with E-state index >= 15 is 0 Å². The maximum Gasteiger partial charge on any atom is 0.189 e. The molecule has 0 spiro atoms. The summed E-state index contributed by atoms with van der Waals surface area (Å²) in [5.41, 5.74) is 4.21. The van der Waals surface area contributed by atoms with Gasteiger partial charge in [0.25, 0.3) is 0 Å². The first-order valence-corrected chi connectivity index (χ1v) is 12.3. The molecule has 0 saturated heterocycles. The second kappa shape index (κ2) is 10.5. The Morgan fingerprint density at radius 1 is 1.11 bits per heavy atom. The van der Waals surface area contributed by atoms with E-state index in [1.165, 1.54) is 12.1 Å². The molecule has 1 aliphatic carbocycles. The Bertz CT molecular complexity index is 1500. The molecule has 1 aliphatic rings. The van der Waals surface area contributed by atoms with Gasteiger partial charge >= 0.3 is 0 Å². The molecular formula is C30H26F2N4O. The number of hydrogen-bond donors (Lipinski definition) is 1. The Kier molecular flexibility index (Phi) is 6.93. The molecule has 1 saturated carbocycles. The van der Waals surface area contributed by atoms with Crippen molar-refractivity contribution in [1.82, 2.24) is 15.1 Å². The Hall–Kier alpha value is -4.15. The first-order chi connectivity index (χ1) is 17.9. The predicted octanol–water partition coefficient (Wildman–Crippen LogP) is 6.52. The Morgan fingerprint density at radius 3 is 2.68 bits per heavy atom. The van der Waals surface area contributed by atoms with Gasteiger partial charge in [0.2, 0.25) is 0 Å². The summed E-state index contributed by atoms with van der Waals surface area (Å²) in [6.07, 6.45) is 2.42. The maximum absolute atomic E-state index is 14.8. The molecule has 1 fully saturated rings. The molecule has 5 nitrogen and oxygen atoms in total. The van der Waals surface area contributed by atoms with Crippen LogP contribution < -0.4 is 5.32 Å². The fraction of sp³-hybridized carbons (Fsp3) is 0.233. The van der Waals surface area contributed by atoms with Gasteiger partial charge in [-0.3, -0.25) is 4.79 Å². The van der Waals surface area contributed by atoms with Gasteiger partial charge in [0.1, 0.15) is 17.3 Å². The molecule has 186 valence electrons. The van der Waals surface area contributed by atoms with Gasteiger partial charge in [0.05, 0.1) is 24.0 Å². The topological polar surface area (TPSA) is 51.3 Å². The zero-order valence-corrected chi connectivity index (χ0v) is 20.4. The number of ketones is 1. The largest absolute Gasteiger partial charge is 0.306 e. The van der Waals surface area contributed by atoms with E-state index in [4.69, 9.17) is 6.57 Å². The molecule has 0 radical (unpaired) electrons. The number of aryl methyl sites for hydroxylation is 1. The summed E-state index contributed by atoms with van der Waals surface area (Å²) >= 11 is 0. The number of aromatic nitrogens is 2. The second-order valence-corrected chi connectivity index (χ2v) is 9.51. The van der Waals surface area contributed by atoms with Gasteiger partial charge in [-0.2, -0.15) is 5.10 Å². The van der Waals surface area contributed by atoms with Gasteiger partial charge in [0.15, 0.2) is 11.5 Å². The van der Waals surface area contributed by atoms with Crippen LogP contribution in [0.15, 0.2) is 72.8 Å². The number of hydrogen-bond acceptors (Lipinski definition) is 3. The van der Waals surface area contributed by atoms with Crippen molar-refractivity contribution in [3.05, 3.63) is 124 Å². The van der Waals surface area contributed by atoms with Gasteiger partial charge in [0, 0.05) is 18.1 Å². The monoisotopic (exact) mass is 496 g/mol. The Morgan fingerprint density at radius 2 is 1.92 bits per heavy atom. The summed E-state index contributed by atoms with van der Waals surface area (Å²) in [5.74, 6) is -0.770. The predicted molar refractivity (Wildman–Crippen MR) is 138 cm³/mol. The van der Waals surface area contributed by atoms with Gasteiger partial charge in [-0.25, -0.2) is 18.3 Å². The summed E-state index contributed by atoms with van der Waals surface area (Å²) in [4.78, 5) is 16.9. The molecule has 4 aromatic rings. The Labute approximate surface area is 214 Å². The summed E-state index contributed by atoms with van der Waals surface area (Å²) in [6, 6.07) is 19.4. The highest BCUT2D eigenvalue weighted by molar-refractivity contribution is 5.96. The quantitative estimate of drug-likeness (QED) is 0.212. The highest BCUT2D eigenvalue weighted by Gasteiger charge is 2.25. The molecule has 0 bridgehead atoms. The lowest BCUT2D eigenvalue weighted by atomic mass is 9.95. The third-order valence-electron chi connectivity index (χ3n) is 6.55. The third kappa shape index (κ3) is 5.65. The minimum Gasteiger partial charge on any atom is -0.306 e. The number of Topliss-reactive ketones (excluding diaryl/α,β-unsaturated/α-hetero) is 1. The molecule has 0 amide bonds. The first-order valence-electron chi connectivity index (χ1n) is 12.3. The number of nitrogens with one attached hydrogen (secondary N) is 1. The molecule has 5 rings (SSSR count). The molecule has 1 unspecified atom stereocenters. The van der Waals surface area contributed by atoms with Crippen molar-refractivity contribution in [3.63, 3.8) is 0 Å². The number of carbonyl (C=O) groups is 1. The Balaban J connectivity index is 1.43. The molecule has 7 heteroatoms. The smallest absolute Gasteiger partial charge is 0.189 e. The molecule has 1 atom stereocenters. The minimum absolute atomic E-state index is 0.124. The summed E-state index contributed by atoms with van der Waals surface area (Å²) in [5, 5.41) is 7.92. The van der Waals surface area contributed by atoms with E-state index in [-0.39, 0.29) is 12.2 Å². The fourth-order valence-corrected chi connectivity index (χ4v) is 4.50. The van der Waals surface area contributed by atoms with Crippen molar-refractivity contribution in [1.29, 1.82) is 0 Å². The van der Waals surface area contributed by atoms with Gasteiger partial charge < -0.3 is 5.32 Å². The van der Waals surface area contributed by atoms with Crippen LogP contribution in [0.4, 0.5) is 14.5 Å². The number of halogens is 2. The number of benzene rings is 3. The van der Waals surface area contributed by atoms with E-state index in [1.54, 1.807) is 28.9 Å². The standard InChI is InChI=1S/C30H26F2N4O/c1-19-13-28(36(35-19)25-8-4-7-24(17-25)33-2)29(37)15-21-5-3-6-22(14-21)30(34-18-20-9-10-20)26-12-11-23(31)16-27(26)32/h3-8,11-14,16-17,20,30,34H,9-10,15,18H2,1H3. The maximum atomic E-state index is 14.8. The van der Waals surface area contributed by atoms with Crippen LogP contribution in [-0.2, 0) is 6.42 Å². The summed E-state index contributed by atoms with van der Waals surface area (Å²) in [7, 11) is 0. The number of carbonyl (C=O) groups excluding carboxylic acids is 1. The van der Waals surface area contributed by atoms with Gasteiger partial charge in [-0.1, -0.05) is 42.5 Å². The van der Waals surface area contributed by atoms with Crippen LogP contribution in [-0.4, -0.2) is 22.1 Å². The van der Waals surface area contributed by atoms with Crippen molar-refractivity contribution in [2.45, 2.75) is 32.2 Å². The van der Waals surface area contributed by atoms with Crippen LogP contribution in [0.5, 0.6) is 0 Å². The van der Waals surface area contributed by atoms with Gasteiger partial charge in [-0.05, 0) is 67.6 Å². The van der Waals surface area contributed by atoms with E-state index in [2.05, 4.69) is 15.3 Å². The average molecular weight is 497 g/mol. The lowest BCUT2D eigenvalue weighted by Crippen LogP contribution is -2.25. The fourth-order valence-electron chi connectivity index (χ4n) is 4.50. The zero-order chi connectivity index (χ0) is 25.9. The third-order valence-corrected chi connectivity index (χ3v) is 6.55. The van der Waals surface area contributed by atoms with E-state index in [9.17, 15) is 13.6 Å². The molecule has 37 heavy (non-hydrogen) atoms. The molecule has 0 aliphatic heterocycles.